The van der Waals surface area contributed by atoms with Crippen LogP contribution < -0.4 is 8.92 Å². The SMILES string of the molecule is COCCOC(=O)OC1Oc2ccc(OS(C)(=O)=O)cc2C1(C)C. The lowest BCUT2D eigenvalue weighted by molar-refractivity contribution is -0.0861. The minimum absolute atomic E-state index is 0.0712. The lowest BCUT2D eigenvalue weighted by atomic mass is 9.85. The largest absolute Gasteiger partial charge is 0.511 e. The molecule has 9 heteroatoms. The van der Waals surface area contributed by atoms with Gasteiger partial charge in [-0.25, -0.2) is 4.79 Å². The Morgan fingerprint density at radius 3 is 2.62 bits per heavy atom. The first-order valence-corrected chi connectivity index (χ1v) is 8.98. The van der Waals surface area contributed by atoms with E-state index in [0.717, 1.165) is 6.26 Å². The van der Waals surface area contributed by atoms with Crippen LogP contribution in [0.5, 0.6) is 11.5 Å². The Morgan fingerprint density at radius 1 is 1.29 bits per heavy atom. The summed E-state index contributed by atoms with van der Waals surface area (Å²) in [6, 6.07) is 4.59. The first kappa shape index (κ1) is 18.3. The molecule has 1 aliphatic heterocycles. The number of benzene rings is 1. The van der Waals surface area contributed by atoms with Crippen LogP contribution in [0.15, 0.2) is 18.2 Å². The van der Waals surface area contributed by atoms with Crippen molar-refractivity contribution >= 4 is 16.3 Å². The molecular weight excluding hydrogens is 340 g/mol. The lowest BCUT2D eigenvalue weighted by Gasteiger charge is -2.24. The molecule has 2 rings (SSSR count). The molecule has 0 N–H and O–H groups in total. The molecule has 8 nitrogen and oxygen atoms in total. The van der Waals surface area contributed by atoms with Crippen molar-refractivity contribution in [2.24, 2.45) is 0 Å². The molecule has 1 unspecified atom stereocenters. The molecule has 0 saturated carbocycles. The standard InChI is InChI=1S/C15H20O8S/c1-15(2)11-9-10(23-24(4,17)18)5-6-12(11)21-13(15)22-14(16)20-8-7-19-3/h5-6,9,13H,7-8H2,1-4H3. The number of fused-ring (bicyclic) bond motifs is 1. The second-order valence-electron chi connectivity index (χ2n) is 5.83. The Labute approximate surface area is 140 Å². The quantitative estimate of drug-likeness (QED) is 0.430. The predicted molar refractivity (Wildman–Crippen MR) is 83.7 cm³/mol. The van der Waals surface area contributed by atoms with Gasteiger partial charge < -0.3 is 23.1 Å². The van der Waals surface area contributed by atoms with Crippen LogP contribution in [-0.2, 0) is 29.7 Å². The first-order valence-electron chi connectivity index (χ1n) is 7.16. The zero-order valence-electron chi connectivity index (χ0n) is 13.9. The fourth-order valence-corrected chi connectivity index (χ4v) is 2.69. The Balaban J connectivity index is 2.12. The Morgan fingerprint density at radius 2 is 2.00 bits per heavy atom. The second-order valence-corrected chi connectivity index (χ2v) is 7.40. The van der Waals surface area contributed by atoms with Crippen molar-refractivity contribution in [3.05, 3.63) is 23.8 Å². The third-order valence-corrected chi connectivity index (χ3v) is 3.92. The van der Waals surface area contributed by atoms with Crippen molar-refractivity contribution < 1.29 is 36.3 Å². The van der Waals surface area contributed by atoms with Crippen LogP contribution in [0.25, 0.3) is 0 Å². The molecule has 0 fully saturated rings. The minimum Gasteiger partial charge on any atom is -0.453 e. The van der Waals surface area contributed by atoms with Gasteiger partial charge in [0.2, 0.25) is 0 Å². The van der Waals surface area contributed by atoms with Crippen molar-refractivity contribution in [3.63, 3.8) is 0 Å². The minimum atomic E-state index is -3.64. The van der Waals surface area contributed by atoms with E-state index in [0.29, 0.717) is 11.3 Å². The van der Waals surface area contributed by atoms with Gasteiger partial charge in [-0.3, -0.25) is 0 Å². The fourth-order valence-electron chi connectivity index (χ4n) is 2.23. The van der Waals surface area contributed by atoms with Gasteiger partial charge in [-0.15, -0.1) is 0 Å². The van der Waals surface area contributed by atoms with E-state index in [4.69, 9.17) is 23.1 Å². The molecule has 0 aromatic heterocycles. The highest BCUT2D eigenvalue weighted by atomic mass is 32.2. The number of hydrogen-bond donors (Lipinski definition) is 0. The monoisotopic (exact) mass is 360 g/mol. The summed E-state index contributed by atoms with van der Waals surface area (Å²) < 4.78 is 47.8. The summed E-state index contributed by atoms with van der Waals surface area (Å²) in [4.78, 5) is 11.7. The normalized spacial score (nSPS) is 18.4. The highest BCUT2D eigenvalue weighted by molar-refractivity contribution is 7.86. The van der Waals surface area contributed by atoms with E-state index >= 15 is 0 Å². The van der Waals surface area contributed by atoms with Gasteiger partial charge in [0.15, 0.2) is 0 Å². The summed E-state index contributed by atoms with van der Waals surface area (Å²) in [6.07, 6.45) is -0.814. The van der Waals surface area contributed by atoms with Gasteiger partial charge in [-0.1, -0.05) is 0 Å². The van der Waals surface area contributed by atoms with Crippen LogP contribution >= 0.6 is 0 Å². The molecule has 0 bridgehead atoms. The summed E-state index contributed by atoms with van der Waals surface area (Å²) in [5, 5.41) is 0. The zero-order chi connectivity index (χ0) is 18.0. The van der Waals surface area contributed by atoms with Crippen molar-refractivity contribution in [2.45, 2.75) is 25.6 Å². The summed E-state index contributed by atoms with van der Waals surface area (Å²) in [5.41, 5.74) is -0.0507. The van der Waals surface area contributed by atoms with E-state index < -0.39 is 28.0 Å². The van der Waals surface area contributed by atoms with E-state index in [1.807, 2.05) is 0 Å². The molecule has 0 saturated heterocycles. The van der Waals surface area contributed by atoms with E-state index in [1.165, 1.54) is 13.2 Å². The van der Waals surface area contributed by atoms with Crippen LogP contribution in [0, 0.1) is 0 Å². The Bertz CT molecular complexity index is 710. The molecule has 1 aromatic carbocycles. The number of hydrogen-bond acceptors (Lipinski definition) is 8. The second kappa shape index (κ2) is 6.86. The highest BCUT2D eigenvalue weighted by Crippen LogP contribution is 2.44. The third-order valence-electron chi connectivity index (χ3n) is 3.43. The van der Waals surface area contributed by atoms with Crippen molar-refractivity contribution in [2.75, 3.05) is 26.6 Å². The molecule has 0 radical (unpaired) electrons. The first-order chi connectivity index (χ1) is 11.1. The smallest absolute Gasteiger partial charge is 0.453 e. The predicted octanol–water partition coefficient (Wildman–Crippen LogP) is 1.82. The van der Waals surface area contributed by atoms with Gasteiger partial charge in [0, 0.05) is 12.7 Å². The molecule has 0 amide bonds. The fraction of sp³-hybridized carbons (Fsp3) is 0.533. The molecule has 1 aliphatic rings. The molecule has 1 heterocycles. The van der Waals surface area contributed by atoms with Gasteiger partial charge in [0.25, 0.3) is 6.29 Å². The number of carbonyl (C=O) groups excluding carboxylic acids is 1. The van der Waals surface area contributed by atoms with E-state index in [2.05, 4.69) is 0 Å². The van der Waals surface area contributed by atoms with Crippen molar-refractivity contribution in [3.8, 4) is 11.5 Å². The van der Waals surface area contributed by atoms with Crippen LogP contribution in [0.3, 0.4) is 0 Å². The van der Waals surface area contributed by atoms with Crippen LogP contribution in [0.2, 0.25) is 0 Å². The summed E-state index contributed by atoms with van der Waals surface area (Å²) >= 11 is 0. The molecular formula is C15H20O8S. The lowest BCUT2D eigenvalue weighted by Crippen LogP contribution is -2.37. The zero-order valence-corrected chi connectivity index (χ0v) is 14.7. The topological polar surface area (TPSA) is 97.4 Å². The van der Waals surface area contributed by atoms with E-state index in [-0.39, 0.29) is 19.0 Å². The summed E-state index contributed by atoms with van der Waals surface area (Å²) in [6.45, 7) is 3.94. The number of rotatable bonds is 6. The van der Waals surface area contributed by atoms with Gasteiger partial charge in [-0.05, 0) is 32.0 Å². The molecule has 1 aromatic rings. The average Bonchev–Trinajstić information content (AvgIpc) is 2.69. The van der Waals surface area contributed by atoms with Gasteiger partial charge >= 0.3 is 16.3 Å². The maximum atomic E-state index is 11.7. The Hall–Kier alpha value is -2.00. The van der Waals surface area contributed by atoms with Crippen molar-refractivity contribution in [1.29, 1.82) is 0 Å². The number of methoxy groups -OCH3 is 1. The van der Waals surface area contributed by atoms with Gasteiger partial charge in [0.1, 0.15) is 18.1 Å². The van der Waals surface area contributed by atoms with E-state index in [9.17, 15) is 13.2 Å². The maximum Gasteiger partial charge on any atom is 0.511 e. The van der Waals surface area contributed by atoms with Crippen LogP contribution in [0.1, 0.15) is 19.4 Å². The van der Waals surface area contributed by atoms with Gasteiger partial charge in [-0.2, -0.15) is 8.42 Å². The van der Waals surface area contributed by atoms with Crippen molar-refractivity contribution in [1.82, 2.24) is 0 Å². The molecule has 0 spiro atoms. The number of carbonyl (C=O) groups is 1. The Kier molecular flexibility index (Phi) is 5.24. The molecule has 24 heavy (non-hydrogen) atoms. The highest BCUT2D eigenvalue weighted by Gasteiger charge is 2.45. The molecule has 0 aliphatic carbocycles. The number of ether oxygens (including phenoxy) is 4. The summed E-state index contributed by atoms with van der Waals surface area (Å²) in [7, 11) is -2.14. The van der Waals surface area contributed by atoms with Crippen LogP contribution in [0.4, 0.5) is 4.79 Å². The van der Waals surface area contributed by atoms with E-state index in [1.54, 1.807) is 26.0 Å². The average molecular weight is 360 g/mol. The van der Waals surface area contributed by atoms with Gasteiger partial charge in [0.05, 0.1) is 18.3 Å². The third kappa shape index (κ3) is 4.30. The molecule has 1 atom stereocenters. The summed E-state index contributed by atoms with van der Waals surface area (Å²) in [5.74, 6) is 0.645. The van der Waals surface area contributed by atoms with Crippen LogP contribution in [-0.4, -0.2) is 47.4 Å². The molecule has 134 valence electrons. The maximum absolute atomic E-state index is 11.7.